The summed E-state index contributed by atoms with van der Waals surface area (Å²) in [5.74, 6) is -0.304. The van der Waals surface area contributed by atoms with Crippen LogP contribution in [0.4, 0.5) is 8.78 Å². The molecule has 34 heavy (non-hydrogen) atoms. The SMILES string of the molecule is Fc1ccc(-c2nc(-c3ccc(-c4ccc(O[C@H]5CO[C@@H]6CCO[C@H]56)nc4)nc3)n[nH]2)c(F)c1. The maximum Gasteiger partial charge on any atom is 0.213 e. The number of fused-ring (bicyclic) bond motifs is 1. The molecular weight excluding hydrogens is 444 g/mol. The second-order valence-corrected chi connectivity index (χ2v) is 8.10. The van der Waals surface area contributed by atoms with Crippen LogP contribution >= 0.6 is 0 Å². The van der Waals surface area contributed by atoms with Crippen molar-refractivity contribution in [2.75, 3.05) is 13.2 Å². The summed E-state index contributed by atoms with van der Waals surface area (Å²) in [7, 11) is 0. The summed E-state index contributed by atoms with van der Waals surface area (Å²) >= 11 is 0. The number of H-pyrrole nitrogens is 1. The number of ether oxygens (including phenoxy) is 3. The Labute approximate surface area is 193 Å². The van der Waals surface area contributed by atoms with Crippen molar-refractivity contribution in [2.45, 2.75) is 24.7 Å². The first-order valence-electron chi connectivity index (χ1n) is 10.8. The van der Waals surface area contributed by atoms with Crippen molar-refractivity contribution in [1.82, 2.24) is 25.1 Å². The molecule has 0 radical (unpaired) electrons. The van der Waals surface area contributed by atoms with E-state index in [0.717, 1.165) is 18.1 Å². The third-order valence-electron chi connectivity index (χ3n) is 5.92. The molecule has 8 nitrogen and oxygen atoms in total. The lowest BCUT2D eigenvalue weighted by atomic mass is 10.1. The lowest BCUT2D eigenvalue weighted by Gasteiger charge is -2.17. The smallest absolute Gasteiger partial charge is 0.213 e. The Kier molecular flexibility index (Phi) is 5.23. The molecule has 0 bridgehead atoms. The molecule has 2 aliphatic rings. The van der Waals surface area contributed by atoms with Crippen molar-refractivity contribution in [3.05, 3.63) is 66.5 Å². The molecule has 1 aromatic carbocycles. The second-order valence-electron chi connectivity index (χ2n) is 8.10. The molecule has 0 amide bonds. The fraction of sp³-hybridized carbons (Fsp3) is 0.250. The number of nitrogens with one attached hydrogen (secondary N) is 1. The van der Waals surface area contributed by atoms with Gasteiger partial charge in [-0.05, 0) is 36.8 Å². The standard InChI is InChI=1S/C24H19F2N5O3/c25-15-3-4-16(17(26)9-15)24-29-23(30-31-24)14-1-5-18(27-11-14)13-2-6-21(28-10-13)34-20-12-33-19-7-8-32-22(19)20/h1-6,9-11,19-20,22H,7-8,12H2,(H,29,30,31)/t19-,20+,22+/m1/s1. The number of hydrogen-bond acceptors (Lipinski definition) is 7. The highest BCUT2D eigenvalue weighted by Crippen LogP contribution is 2.30. The van der Waals surface area contributed by atoms with Crippen LogP contribution in [0.2, 0.25) is 0 Å². The number of nitrogens with zero attached hydrogens (tertiary/aromatic N) is 4. The van der Waals surface area contributed by atoms with Crippen LogP contribution in [0.15, 0.2) is 54.9 Å². The van der Waals surface area contributed by atoms with Gasteiger partial charge in [-0.15, -0.1) is 0 Å². The fourth-order valence-electron chi connectivity index (χ4n) is 4.18. The molecule has 172 valence electrons. The van der Waals surface area contributed by atoms with E-state index in [4.69, 9.17) is 14.2 Å². The van der Waals surface area contributed by atoms with Gasteiger partial charge in [0.05, 0.1) is 24.0 Å². The first kappa shape index (κ1) is 20.8. The molecule has 6 rings (SSSR count). The van der Waals surface area contributed by atoms with Crippen molar-refractivity contribution in [1.29, 1.82) is 0 Å². The second kappa shape index (κ2) is 8.54. The summed E-state index contributed by atoms with van der Waals surface area (Å²) in [5.41, 5.74) is 2.32. The first-order valence-corrected chi connectivity index (χ1v) is 10.8. The molecule has 0 spiro atoms. The molecule has 3 aromatic heterocycles. The Hall–Kier alpha value is -3.76. The van der Waals surface area contributed by atoms with Gasteiger partial charge in [0.25, 0.3) is 0 Å². The molecule has 5 heterocycles. The van der Waals surface area contributed by atoms with Crippen LogP contribution in [0.25, 0.3) is 34.0 Å². The highest BCUT2D eigenvalue weighted by atomic mass is 19.1. The van der Waals surface area contributed by atoms with E-state index in [2.05, 4.69) is 25.1 Å². The van der Waals surface area contributed by atoms with Crippen molar-refractivity contribution in [3.8, 4) is 39.9 Å². The Morgan fingerprint density at radius 3 is 2.65 bits per heavy atom. The molecule has 0 aliphatic carbocycles. The van der Waals surface area contributed by atoms with Gasteiger partial charge in [0.2, 0.25) is 5.88 Å². The minimum atomic E-state index is -0.716. The Morgan fingerprint density at radius 2 is 1.85 bits per heavy atom. The van der Waals surface area contributed by atoms with Crippen LogP contribution in [0.1, 0.15) is 6.42 Å². The van der Waals surface area contributed by atoms with E-state index in [1.54, 1.807) is 18.5 Å². The zero-order chi connectivity index (χ0) is 23.1. The molecule has 3 atom stereocenters. The monoisotopic (exact) mass is 463 g/mol. The number of pyridine rings is 2. The maximum absolute atomic E-state index is 14.0. The van der Waals surface area contributed by atoms with Gasteiger partial charge in [0.1, 0.15) is 17.7 Å². The lowest BCUT2D eigenvalue weighted by molar-refractivity contribution is 0.0289. The molecule has 0 unspecified atom stereocenters. The van der Waals surface area contributed by atoms with Gasteiger partial charge in [0.15, 0.2) is 17.8 Å². The highest BCUT2D eigenvalue weighted by molar-refractivity contribution is 5.64. The summed E-state index contributed by atoms with van der Waals surface area (Å²) in [6.07, 6.45) is 4.14. The molecule has 2 saturated heterocycles. The molecule has 2 fully saturated rings. The van der Waals surface area contributed by atoms with E-state index in [0.29, 0.717) is 36.2 Å². The number of halogens is 2. The summed E-state index contributed by atoms with van der Waals surface area (Å²) in [6, 6.07) is 10.6. The average molecular weight is 463 g/mol. The number of aromatic amines is 1. The molecule has 10 heteroatoms. The maximum atomic E-state index is 14.0. The molecular formula is C24H19F2N5O3. The third kappa shape index (κ3) is 3.91. The topological polar surface area (TPSA) is 95.0 Å². The summed E-state index contributed by atoms with van der Waals surface area (Å²) in [5, 5.41) is 6.81. The number of rotatable bonds is 5. The zero-order valence-electron chi connectivity index (χ0n) is 17.8. The Morgan fingerprint density at radius 1 is 0.971 bits per heavy atom. The quantitative estimate of drug-likeness (QED) is 0.481. The van der Waals surface area contributed by atoms with Crippen molar-refractivity contribution in [3.63, 3.8) is 0 Å². The average Bonchev–Trinajstić information content (AvgIpc) is 3.59. The van der Waals surface area contributed by atoms with Gasteiger partial charge in [-0.1, -0.05) is 0 Å². The summed E-state index contributed by atoms with van der Waals surface area (Å²) < 4.78 is 44.5. The van der Waals surface area contributed by atoms with Gasteiger partial charge in [-0.3, -0.25) is 10.1 Å². The molecule has 0 saturated carbocycles. The molecule has 1 N–H and O–H groups in total. The van der Waals surface area contributed by atoms with E-state index in [-0.39, 0.29) is 29.7 Å². The fourth-order valence-corrected chi connectivity index (χ4v) is 4.18. The lowest BCUT2D eigenvalue weighted by Crippen LogP contribution is -2.32. The Bertz CT molecular complexity index is 1310. The largest absolute Gasteiger partial charge is 0.469 e. The minimum Gasteiger partial charge on any atom is -0.469 e. The van der Waals surface area contributed by atoms with Crippen molar-refractivity contribution in [2.24, 2.45) is 0 Å². The first-order chi connectivity index (χ1) is 16.6. The van der Waals surface area contributed by atoms with Crippen LogP contribution < -0.4 is 4.74 Å². The Balaban J connectivity index is 1.15. The molecule has 2 aliphatic heterocycles. The van der Waals surface area contributed by atoms with E-state index in [1.165, 1.54) is 12.1 Å². The van der Waals surface area contributed by atoms with Gasteiger partial charge in [0, 0.05) is 42.3 Å². The van der Waals surface area contributed by atoms with Gasteiger partial charge < -0.3 is 14.2 Å². The van der Waals surface area contributed by atoms with Crippen LogP contribution in [-0.2, 0) is 9.47 Å². The van der Waals surface area contributed by atoms with E-state index >= 15 is 0 Å². The van der Waals surface area contributed by atoms with Crippen LogP contribution in [0.5, 0.6) is 5.88 Å². The van der Waals surface area contributed by atoms with E-state index < -0.39 is 11.6 Å². The normalized spacial score (nSPS) is 21.5. The van der Waals surface area contributed by atoms with E-state index in [1.807, 2.05) is 18.2 Å². The van der Waals surface area contributed by atoms with E-state index in [9.17, 15) is 8.78 Å². The summed E-state index contributed by atoms with van der Waals surface area (Å²) in [4.78, 5) is 13.2. The minimum absolute atomic E-state index is 0.0357. The predicted molar refractivity (Wildman–Crippen MR) is 117 cm³/mol. The molecule has 4 aromatic rings. The zero-order valence-corrected chi connectivity index (χ0v) is 17.8. The predicted octanol–water partition coefficient (Wildman–Crippen LogP) is 3.81. The number of aromatic nitrogens is 5. The van der Waals surface area contributed by atoms with Crippen molar-refractivity contribution >= 4 is 0 Å². The third-order valence-corrected chi connectivity index (χ3v) is 5.92. The van der Waals surface area contributed by atoms with Crippen LogP contribution in [0, 0.1) is 11.6 Å². The summed E-state index contributed by atoms with van der Waals surface area (Å²) in [6.45, 7) is 1.19. The van der Waals surface area contributed by atoms with Crippen molar-refractivity contribution < 1.29 is 23.0 Å². The van der Waals surface area contributed by atoms with Crippen LogP contribution in [-0.4, -0.2) is 56.7 Å². The van der Waals surface area contributed by atoms with Crippen LogP contribution in [0.3, 0.4) is 0 Å². The van der Waals surface area contributed by atoms with Gasteiger partial charge in [-0.2, -0.15) is 5.10 Å². The van der Waals surface area contributed by atoms with Gasteiger partial charge in [-0.25, -0.2) is 18.7 Å². The number of benzene rings is 1. The highest BCUT2D eigenvalue weighted by Gasteiger charge is 2.43. The number of hydrogen-bond donors (Lipinski definition) is 1. The van der Waals surface area contributed by atoms with Gasteiger partial charge >= 0.3 is 0 Å².